The molecule has 0 amide bonds. The second kappa shape index (κ2) is 14.3. The van der Waals surface area contributed by atoms with Crippen LogP contribution in [0.5, 0.6) is 0 Å². The Bertz CT molecular complexity index is 3560. The average molecular weight is 779 g/mol. The summed E-state index contributed by atoms with van der Waals surface area (Å²) in [5, 5.41) is 7.19. The number of aromatic nitrogens is 1. The average Bonchev–Trinajstić information content (AvgIpc) is 3.88. The van der Waals surface area contributed by atoms with Gasteiger partial charge in [0.15, 0.2) is 0 Å². The van der Waals surface area contributed by atoms with Crippen LogP contribution in [-0.2, 0) is 0 Å². The summed E-state index contributed by atoms with van der Waals surface area (Å²) in [6.07, 6.45) is 0. The lowest BCUT2D eigenvalue weighted by Crippen LogP contribution is -2.11. The highest BCUT2D eigenvalue weighted by molar-refractivity contribution is 6.11. The maximum Gasteiger partial charge on any atom is 0.143 e. The number of benzene rings is 10. The first-order valence-electron chi connectivity index (χ1n) is 20.8. The molecule has 0 atom stereocenters. The van der Waals surface area contributed by atoms with E-state index in [1.807, 2.05) is 6.07 Å². The summed E-state index contributed by atoms with van der Waals surface area (Å²) in [5.41, 5.74) is 15.2. The van der Waals surface area contributed by atoms with Gasteiger partial charge in [0, 0.05) is 49.6 Å². The topological polar surface area (TPSA) is 21.3 Å². The van der Waals surface area contributed by atoms with Crippen LogP contribution < -0.4 is 4.90 Å². The minimum Gasteiger partial charge on any atom is -0.455 e. The number of hydrogen-bond donors (Lipinski definition) is 0. The van der Waals surface area contributed by atoms with Crippen LogP contribution in [0, 0.1) is 0 Å². The van der Waals surface area contributed by atoms with Gasteiger partial charge in [-0.3, -0.25) is 0 Å². The molecule has 12 rings (SSSR count). The Kier molecular flexibility index (Phi) is 8.17. The minimum atomic E-state index is 0.886. The molecule has 10 aromatic carbocycles. The van der Waals surface area contributed by atoms with Crippen LogP contribution in [0.3, 0.4) is 0 Å². The maximum absolute atomic E-state index is 6.65. The van der Waals surface area contributed by atoms with E-state index in [0.29, 0.717) is 0 Å². The van der Waals surface area contributed by atoms with Gasteiger partial charge in [-0.2, -0.15) is 0 Å². The molecule has 0 bridgehead atoms. The van der Waals surface area contributed by atoms with Crippen molar-refractivity contribution in [2.75, 3.05) is 4.90 Å². The largest absolute Gasteiger partial charge is 0.455 e. The van der Waals surface area contributed by atoms with Crippen LogP contribution in [-0.4, -0.2) is 4.57 Å². The summed E-state index contributed by atoms with van der Waals surface area (Å²) in [7, 11) is 0. The zero-order chi connectivity index (χ0) is 40.3. The van der Waals surface area contributed by atoms with Crippen LogP contribution in [0.15, 0.2) is 235 Å². The van der Waals surface area contributed by atoms with Crippen molar-refractivity contribution in [3.8, 4) is 39.1 Å². The van der Waals surface area contributed by atoms with E-state index in [-0.39, 0.29) is 0 Å². The van der Waals surface area contributed by atoms with Gasteiger partial charge in [-0.05, 0) is 88.1 Å². The number of furan rings is 1. The van der Waals surface area contributed by atoms with Gasteiger partial charge in [0.05, 0.1) is 22.4 Å². The number of rotatable bonds is 7. The summed E-state index contributed by atoms with van der Waals surface area (Å²) < 4.78 is 9.06. The van der Waals surface area contributed by atoms with Crippen LogP contribution in [0.2, 0.25) is 0 Å². The Balaban J connectivity index is 1.05. The first kappa shape index (κ1) is 34.9. The second-order valence-electron chi connectivity index (χ2n) is 15.7. The van der Waals surface area contributed by atoms with E-state index in [9.17, 15) is 0 Å². The van der Waals surface area contributed by atoms with E-state index in [2.05, 4.69) is 234 Å². The standard InChI is InChI=1S/C58H38N2O/c1-2-16-41-37-42(32-31-39(41)15-1)40-33-35-44(36-34-40)59(54-27-9-6-22-49(54)51-24-14-25-52-50-23-7-12-30-57(50)61-58(51)52)45-18-13-17-43(38-45)46-19-3-8-26-53(46)60-55-28-10-4-20-47(55)48-21-5-11-29-56(48)60/h1-38H. The Morgan fingerprint density at radius 3 is 1.77 bits per heavy atom. The van der Waals surface area contributed by atoms with E-state index in [4.69, 9.17) is 4.42 Å². The number of nitrogens with zero attached hydrogens (tertiary/aromatic N) is 2. The van der Waals surface area contributed by atoms with Gasteiger partial charge in [0.2, 0.25) is 0 Å². The first-order valence-corrected chi connectivity index (χ1v) is 20.8. The van der Waals surface area contributed by atoms with Crippen molar-refractivity contribution < 1.29 is 4.42 Å². The SMILES string of the molecule is c1cc(-c2ccccc2-n2c3ccccc3c3ccccc32)cc(N(c2ccc(-c3ccc4ccccc4c3)cc2)c2ccccc2-c2cccc3c2oc2ccccc23)c1. The monoisotopic (exact) mass is 778 g/mol. The first-order chi connectivity index (χ1) is 30.3. The molecule has 0 spiro atoms. The second-order valence-corrected chi connectivity index (χ2v) is 15.7. The summed E-state index contributed by atoms with van der Waals surface area (Å²) in [6, 6.07) is 82.9. The van der Waals surface area contributed by atoms with Crippen molar-refractivity contribution >= 4 is 71.6 Å². The zero-order valence-electron chi connectivity index (χ0n) is 33.2. The maximum atomic E-state index is 6.65. The molecular weight excluding hydrogens is 741 g/mol. The molecule has 3 heteroatoms. The summed E-state index contributed by atoms with van der Waals surface area (Å²) in [5.74, 6) is 0. The predicted octanol–water partition coefficient (Wildman–Crippen LogP) is 16.3. The van der Waals surface area contributed by atoms with Crippen LogP contribution in [0.1, 0.15) is 0 Å². The highest BCUT2D eigenvalue weighted by atomic mass is 16.3. The van der Waals surface area contributed by atoms with Crippen molar-refractivity contribution in [2.24, 2.45) is 0 Å². The van der Waals surface area contributed by atoms with Gasteiger partial charge in [0.25, 0.3) is 0 Å². The van der Waals surface area contributed by atoms with Crippen molar-refractivity contribution in [1.29, 1.82) is 0 Å². The summed E-state index contributed by atoms with van der Waals surface area (Å²) in [6.45, 7) is 0. The molecule has 0 N–H and O–H groups in total. The van der Waals surface area contributed by atoms with Crippen molar-refractivity contribution in [3.63, 3.8) is 0 Å². The van der Waals surface area contributed by atoms with Gasteiger partial charge >= 0.3 is 0 Å². The Morgan fingerprint density at radius 1 is 0.344 bits per heavy atom. The molecule has 0 aliphatic carbocycles. The lowest BCUT2D eigenvalue weighted by atomic mass is 9.98. The van der Waals surface area contributed by atoms with Crippen molar-refractivity contribution in [3.05, 3.63) is 231 Å². The molecule has 12 aromatic rings. The third-order valence-electron chi connectivity index (χ3n) is 12.2. The van der Waals surface area contributed by atoms with Crippen LogP contribution in [0.4, 0.5) is 17.1 Å². The van der Waals surface area contributed by atoms with Crippen molar-refractivity contribution in [2.45, 2.75) is 0 Å². The number of hydrogen-bond acceptors (Lipinski definition) is 2. The number of fused-ring (bicyclic) bond motifs is 7. The molecule has 0 aliphatic heterocycles. The number of para-hydroxylation sites is 6. The Morgan fingerprint density at radius 2 is 0.951 bits per heavy atom. The molecule has 3 nitrogen and oxygen atoms in total. The molecule has 0 radical (unpaired) electrons. The summed E-state index contributed by atoms with van der Waals surface area (Å²) >= 11 is 0. The van der Waals surface area contributed by atoms with Crippen LogP contribution >= 0.6 is 0 Å². The molecule has 2 heterocycles. The molecule has 0 saturated carbocycles. The zero-order valence-corrected chi connectivity index (χ0v) is 33.2. The fourth-order valence-electron chi connectivity index (χ4n) is 9.36. The fraction of sp³-hybridized carbons (Fsp3) is 0. The molecule has 0 fully saturated rings. The number of anilines is 3. The lowest BCUT2D eigenvalue weighted by molar-refractivity contribution is 0.670. The normalized spacial score (nSPS) is 11.6. The van der Waals surface area contributed by atoms with E-state index in [1.54, 1.807) is 0 Å². The van der Waals surface area contributed by atoms with E-state index < -0.39 is 0 Å². The molecule has 0 aliphatic rings. The molecule has 0 saturated heterocycles. The van der Waals surface area contributed by atoms with Gasteiger partial charge in [-0.25, -0.2) is 0 Å². The van der Waals surface area contributed by atoms with Gasteiger partial charge in [-0.15, -0.1) is 0 Å². The van der Waals surface area contributed by atoms with Gasteiger partial charge < -0.3 is 13.9 Å². The van der Waals surface area contributed by atoms with E-state index in [1.165, 1.54) is 43.7 Å². The predicted molar refractivity (Wildman–Crippen MR) is 257 cm³/mol. The van der Waals surface area contributed by atoms with E-state index >= 15 is 0 Å². The van der Waals surface area contributed by atoms with Gasteiger partial charge in [0.1, 0.15) is 11.2 Å². The molecule has 61 heavy (non-hydrogen) atoms. The quantitative estimate of drug-likeness (QED) is 0.161. The highest BCUT2D eigenvalue weighted by Gasteiger charge is 2.22. The van der Waals surface area contributed by atoms with Crippen molar-refractivity contribution in [1.82, 2.24) is 4.57 Å². The third-order valence-corrected chi connectivity index (χ3v) is 12.2. The molecule has 2 aromatic heterocycles. The third kappa shape index (κ3) is 5.82. The van der Waals surface area contributed by atoms with Gasteiger partial charge in [-0.1, -0.05) is 170 Å². The molecular formula is C58H38N2O. The summed E-state index contributed by atoms with van der Waals surface area (Å²) in [4.78, 5) is 2.40. The van der Waals surface area contributed by atoms with E-state index in [0.717, 1.165) is 66.9 Å². The van der Waals surface area contributed by atoms with Crippen LogP contribution in [0.25, 0.3) is 93.6 Å². The minimum absolute atomic E-state index is 0.886. The Labute approximate surface area is 353 Å². The highest BCUT2D eigenvalue weighted by Crippen LogP contribution is 2.46. The fourth-order valence-corrected chi connectivity index (χ4v) is 9.36. The molecule has 286 valence electrons. The lowest BCUT2D eigenvalue weighted by Gasteiger charge is -2.28. The molecule has 0 unspecified atom stereocenters. The Hall–Kier alpha value is -8.14. The smallest absolute Gasteiger partial charge is 0.143 e.